The monoisotopic (exact) mass is 736 g/mol. The van der Waals surface area contributed by atoms with Crippen molar-refractivity contribution in [2.45, 2.75) is 127 Å². The molecule has 6 heteroatoms. The minimum absolute atomic E-state index is 0.0697. The van der Waals surface area contributed by atoms with Crippen molar-refractivity contribution in [2.24, 2.45) is 47.3 Å². The maximum absolute atomic E-state index is 5.02. The highest BCUT2D eigenvalue weighted by Gasteiger charge is 2.56. The van der Waals surface area contributed by atoms with Gasteiger partial charge in [0.25, 0.3) is 0 Å². The first-order valence-electron chi connectivity index (χ1n) is 20.5. The highest BCUT2D eigenvalue weighted by atomic mass is 31.1. The lowest BCUT2D eigenvalue weighted by atomic mass is 9.55. The average Bonchev–Trinajstić information content (AvgIpc) is 3.06. The number of hydrogen-bond donors (Lipinski definition) is 0. The fourth-order valence-electron chi connectivity index (χ4n) is 13.2. The molecule has 0 unspecified atom stereocenters. The molecule has 11 rings (SSSR count). The zero-order chi connectivity index (χ0) is 34.4. The first-order valence-corrected chi connectivity index (χ1v) is 30.7. The Morgan fingerprint density at radius 2 is 0.900 bits per heavy atom. The Morgan fingerprint density at radius 1 is 0.520 bits per heavy atom. The van der Waals surface area contributed by atoms with E-state index in [4.69, 9.17) is 9.97 Å². The van der Waals surface area contributed by atoms with E-state index in [1.807, 2.05) is 12.4 Å². The third-order valence-electron chi connectivity index (χ3n) is 14.6. The molecular formula is C44H62N2P2Si2. The summed E-state index contributed by atoms with van der Waals surface area (Å²) in [7, 11) is -3.91. The van der Waals surface area contributed by atoms with Crippen LogP contribution in [0.1, 0.15) is 75.3 Å². The summed E-state index contributed by atoms with van der Waals surface area (Å²) >= 11 is 0. The lowest BCUT2D eigenvalue weighted by molar-refractivity contribution is 0.0129. The van der Waals surface area contributed by atoms with Crippen LogP contribution < -0.4 is 21.2 Å². The van der Waals surface area contributed by atoms with Gasteiger partial charge in [0.1, 0.15) is 0 Å². The van der Waals surface area contributed by atoms with Crippen LogP contribution in [0.2, 0.25) is 39.3 Å². The van der Waals surface area contributed by atoms with Gasteiger partial charge >= 0.3 is 0 Å². The van der Waals surface area contributed by atoms with Gasteiger partial charge in [0.05, 0.1) is 27.0 Å². The van der Waals surface area contributed by atoms with Crippen molar-refractivity contribution < 1.29 is 0 Å². The van der Waals surface area contributed by atoms with Crippen LogP contribution in [0, 0.1) is 47.3 Å². The Labute approximate surface area is 308 Å². The highest BCUT2D eigenvalue weighted by molar-refractivity contribution is 7.71. The van der Waals surface area contributed by atoms with Gasteiger partial charge in [-0.05, 0) is 164 Å². The minimum Gasteiger partial charge on any atom is -0.256 e. The van der Waals surface area contributed by atoms with E-state index in [2.05, 4.69) is 87.8 Å². The summed E-state index contributed by atoms with van der Waals surface area (Å²) in [6.07, 6.45) is 22.3. The van der Waals surface area contributed by atoms with Crippen LogP contribution in [0.3, 0.4) is 0 Å². The van der Waals surface area contributed by atoms with Gasteiger partial charge < -0.3 is 0 Å². The molecule has 266 valence electrons. The van der Waals surface area contributed by atoms with E-state index in [0.717, 1.165) is 64.8 Å². The molecule has 2 aromatic heterocycles. The van der Waals surface area contributed by atoms with E-state index >= 15 is 0 Å². The van der Waals surface area contributed by atoms with Crippen LogP contribution in [-0.2, 0) is 12.3 Å². The molecule has 2 heterocycles. The summed E-state index contributed by atoms with van der Waals surface area (Å²) in [6.45, 7) is 15.7. The molecule has 8 fully saturated rings. The van der Waals surface area contributed by atoms with Gasteiger partial charge in [0, 0.05) is 26.5 Å². The van der Waals surface area contributed by atoms with E-state index in [0.29, 0.717) is 0 Å². The zero-order valence-corrected chi connectivity index (χ0v) is 35.6. The molecule has 8 aliphatic carbocycles. The van der Waals surface area contributed by atoms with E-state index in [1.165, 1.54) is 17.0 Å². The quantitative estimate of drug-likeness (QED) is 0.153. The summed E-state index contributed by atoms with van der Waals surface area (Å²) in [5.41, 5.74) is 7.99. The van der Waals surface area contributed by atoms with Gasteiger partial charge in [-0.1, -0.05) is 81.8 Å². The first kappa shape index (κ1) is 34.6. The Kier molecular flexibility index (Phi) is 9.19. The molecule has 8 bridgehead atoms. The maximum Gasteiger partial charge on any atom is 0.0774 e. The van der Waals surface area contributed by atoms with Crippen LogP contribution in [0.25, 0.3) is 0 Å². The van der Waals surface area contributed by atoms with E-state index < -0.39 is 24.1 Å². The van der Waals surface area contributed by atoms with Gasteiger partial charge in [-0.2, -0.15) is 0 Å². The maximum atomic E-state index is 5.02. The fraction of sp³-hybridized carbons (Fsp3) is 0.636. The summed E-state index contributed by atoms with van der Waals surface area (Å²) in [5, 5.41) is 3.54. The molecule has 0 amide bonds. The summed E-state index contributed by atoms with van der Waals surface area (Å²) in [4.78, 5) is 10.0. The van der Waals surface area contributed by atoms with Crippen molar-refractivity contribution in [3.05, 3.63) is 72.1 Å². The number of pyridine rings is 2. The molecule has 8 aliphatic rings. The van der Waals surface area contributed by atoms with E-state index in [-0.39, 0.29) is 7.92 Å². The van der Waals surface area contributed by atoms with Crippen molar-refractivity contribution >= 4 is 53.2 Å². The molecule has 0 N–H and O–H groups in total. The topological polar surface area (TPSA) is 25.8 Å². The second-order valence-corrected chi connectivity index (χ2v) is 34.8. The SMILES string of the molecule is C[Si](C)(C)c1cc(CP(c2ccccn2)c2ccccn2)c(CP(C2C3CC4CC(C3)CC2C4)C2C3CC4CC(C3)CC2C4)cc1[Si](C)(C)C. The second-order valence-electron chi connectivity index (χ2n) is 20.1. The summed E-state index contributed by atoms with van der Waals surface area (Å²) in [5.74, 6) is 8.41. The van der Waals surface area contributed by atoms with Crippen molar-refractivity contribution in [1.29, 1.82) is 0 Å². The number of benzene rings is 1. The molecule has 50 heavy (non-hydrogen) atoms. The molecule has 3 aromatic rings. The Hall–Kier alpha value is -1.19. The standard InChI is InChI=1S/C44H62N2P2Si2/c1-49(2,3)39-25-37(27-47(41-11-7-9-13-45-41)42-12-8-10-14-46-42)38(26-40(39)50(4,5)6)28-48(43-33-17-29-15-30(19-33)20-34(43)18-29)44-35-21-31-16-32(23-35)24-36(44)22-31/h7-14,25-26,29-36,43-44H,15-24,27-28H2,1-6H3. The average molecular weight is 737 g/mol. The van der Waals surface area contributed by atoms with Crippen LogP contribution >= 0.6 is 15.8 Å². The van der Waals surface area contributed by atoms with Crippen molar-refractivity contribution in [3.8, 4) is 0 Å². The molecule has 8 saturated carbocycles. The molecule has 0 saturated heterocycles. The molecule has 0 atom stereocenters. The van der Waals surface area contributed by atoms with Crippen molar-refractivity contribution in [2.75, 3.05) is 0 Å². The number of aromatic nitrogens is 2. The predicted molar refractivity (Wildman–Crippen MR) is 223 cm³/mol. The van der Waals surface area contributed by atoms with Gasteiger partial charge in [0.2, 0.25) is 0 Å². The molecule has 2 nitrogen and oxygen atoms in total. The molecule has 1 aromatic carbocycles. The van der Waals surface area contributed by atoms with Crippen LogP contribution in [0.4, 0.5) is 0 Å². The van der Waals surface area contributed by atoms with Crippen LogP contribution in [0.15, 0.2) is 60.9 Å². The Balaban J connectivity index is 1.18. The minimum atomic E-state index is -1.58. The Bertz CT molecular complexity index is 1540. The van der Waals surface area contributed by atoms with Gasteiger partial charge in [-0.25, -0.2) is 0 Å². The number of hydrogen-bond acceptors (Lipinski definition) is 2. The fourth-order valence-corrected chi connectivity index (χ4v) is 25.2. The van der Waals surface area contributed by atoms with Crippen LogP contribution in [-0.4, -0.2) is 37.4 Å². The smallest absolute Gasteiger partial charge is 0.0774 e. The molecule has 0 aliphatic heterocycles. The number of rotatable bonds is 10. The lowest BCUT2D eigenvalue weighted by Crippen LogP contribution is -2.56. The van der Waals surface area contributed by atoms with Gasteiger partial charge in [-0.3, -0.25) is 9.97 Å². The molecule has 0 radical (unpaired) electrons. The summed E-state index contributed by atoms with van der Waals surface area (Å²) < 4.78 is 0. The Morgan fingerprint density at radius 3 is 1.24 bits per heavy atom. The van der Waals surface area contributed by atoms with Gasteiger partial charge in [-0.15, -0.1) is 0 Å². The first-order chi connectivity index (χ1) is 24.0. The molecule has 0 spiro atoms. The largest absolute Gasteiger partial charge is 0.256 e. The van der Waals surface area contributed by atoms with Crippen molar-refractivity contribution in [3.63, 3.8) is 0 Å². The summed E-state index contributed by atoms with van der Waals surface area (Å²) in [6, 6.07) is 18.8. The highest BCUT2D eigenvalue weighted by Crippen LogP contribution is 2.72. The third-order valence-corrected chi connectivity index (χ3v) is 25.1. The predicted octanol–water partition coefficient (Wildman–Crippen LogP) is 9.83. The second kappa shape index (κ2) is 13.3. The van der Waals surface area contributed by atoms with Crippen LogP contribution in [0.5, 0.6) is 0 Å². The van der Waals surface area contributed by atoms with E-state index in [9.17, 15) is 0 Å². The number of nitrogens with zero attached hydrogens (tertiary/aromatic N) is 2. The normalized spacial score (nSPS) is 34.9. The van der Waals surface area contributed by atoms with E-state index in [1.54, 1.807) is 85.7 Å². The molecular weight excluding hydrogens is 675 g/mol. The zero-order valence-electron chi connectivity index (χ0n) is 31.8. The third kappa shape index (κ3) is 6.51. The van der Waals surface area contributed by atoms with Crippen molar-refractivity contribution in [1.82, 2.24) is 9.97 Å². The van der Waals surface area contributed by atoms with Gasteiger partial charge in [0.15, 0.2) is 0 Å². The lowest BCUT2D eigenvalue weighted by Gasteiger charge is -2.62.